The van der Waals surface area contributed by atoms with Gasteiger partial charge in [0.25, 0.3) is 0 Å². The monoisotopic (exact) mass is 240 g/mol. The first-order chi connectivity index (χ1) is 6.97. The Morgan fingerprint density at radius 3 is 2.53 bits per heavy atom. The number of aromatic nitrogens is 2. The molecule has 0 atom stereocenters. The maximum Gasteiger partial charge on any atom is 0.391 e. The van der Waals surface area contributed by atoms with E-state index in [1.807, 2.05) is 0 Å². The molecule has 0 spiro atoms. The Labute approximate surface area is 89.2 Å². The molecule has 15 heavy (non-hydrogen) atoms. The third kappa shape index (κ3) is 5.54. The highest BCUT2D eigenvalue weighted by molar-refractivity contribution is 6.29. The zero-order valence-electron chi connectivity index (χ0n) is 7.59. The molecule has 0 saturated heterocycles. The predicted octanol–water partition coefficient (Wildman–Crippen LogP) is 2.60. The molecule has 0 aliphatic rings. The summed E-state index contributed by atoms with van der Waals surface area (Å²) in [6.07, 6.45) is -5.15. The van der Waals surface area contributed by atoms with Crippen molar-refractivity contribution in [3.05, 3.63) is 23.0 Å². The molecule has 0 amide bonds. The van der Waals surface area contributed by atoms with Gasteiger partial charge in [-0.05, 0) is 12.1 Å². The number of ether oxygens (including phenoxy) is 1. The fourth-order valence-corrected chi connectivity index (χ4v) is 0.886. The van der Waals surface area contributed by atoms with Crippen molar-refractivity contribution in [2.45, 2.75) is 19.2 Å². The zero-order valence-corrected chi connectivity index (χ0v) is 8.35. The van der Waals surface area contributed by atoms with Crippen molar-refractivity contribution < 1.29 is 17.9 Å². The Hall–Kier alpha value is -0.880. The van der Waals surface area contributed by atoms with Crippen molar-refractivity contribution in [1.29, 1.82) is 0 Å². The van der Waals surface area contributed by atoms with E-state index in [4.69, 9.17) is 16.3 Å². The highest BCUT2D eigenvalue weighted by Gasteiger charge is 2.26. The highest BCUT2D eigenvalue weighted by Crippen LogP contribution is 2.19. The lowest BCUT2D eigenvalue weighted by atomic mass is 10.4. The van der Waals surface area contributed by atoms with Gasteiger partial charge < -0.3 is 4.74 Å². The van der Waals surface area contributed by atoms with E-state index in [-0.39, 0.29) is 18.4 Å². The Balaban J connectivity index is 2.23. The normalized spacial score (nSPS) is 11.7. The third-order valence-corrected chi connectivity index (χ3v) is 1.67. The van der Waals surface area contributed by atoms with Crippen molar-refractivity contribution in [1.82, 2.24) is 10.2 Å². The van der Waals surface area contributed by atoms with Gasteiger partial charge in [0, 0.05) is 0 Å². The van der Waals surface area contributed by atoms with Gasteiger partial charge in [0.15, 0.2) is 5.15 Å². The van der Waals surface area contributed by atoms with Crippen LogP contribution in [0.2, 0.25) is 5.15 Å². The van der Waals surface area contributed by atoms with Gasteiger partial charge in [-0.15, -0.1) is 5.10 Å². The molecule has 0 fully saturated rings. The lowest BCUT2D eigenvalue weighted by molar-refractivity contribution is -0.146. The van der Waals surface area contributed by atoms with Crippen LogP contribution in [-0.2, 0) is 11.3 Å². The SMILES string of the molecule is FC(F)(F)CCOCc1ccc(Cl)nn1. The summed E-state index contributed by atoms with van der Waals surface area (Å²) in [5.41, 5.74) is 0.446. The number of hydrogen-bond donors (Lipinski definition) is 0. The Morgan fingerprint density at radius 2 is 2.00 bits per heavy atom. The van der Waals surface area contributed by atoms with E-state index < -0.39 is 12.6 Å². The summed E-state index contributed by atoms with van der Waals surface area (Å²) in [6, 6.07) is 3.04. The van der Waals surface area contributed by atoms with Crippen LogP contribution in [0.15, 0.2) is 12.1 Å². The van der Waals surface area contributed by atoms with Crippen LogP contribution in [0.25, 0.3) is 0 Å². The average molecular weight is 241 g/mol. The van der Waals surface area contributed by atoms with Crippen LogP contribution in [0.1, 0.15) is 12.1 Å². The molecule has 0 saturated carbocycles. The summed E-state index contributed by atoms with van der Waals surface area (Å²) >= 11 is 5.47. The summed E-state index contributed by atoms with van der Waals surface area (Å²) < 4.78 is 39.9. The van der Waals surface area contributed by atoms with Crippen LogP contribution in [0, 0.1) is 0 Å². The summed E-state index contributed by atoms with van der Waals surface area (Å²) in [6.45, 7) is -0.381. The van der Waals surface area contributed by atoms with E-state index in [1.165, 1.54) is 6.07 Å². The molecule has 84 valence electrons. The molecule has 7 heteroatoms. The van der Waals surface area contributed by atoms with Crippen LogP contribution < -0.4 is 0 Å². The molecule has 1 aromatic heterocycles. The minimum Gasteiger partial charge on any atom is -0.375 e. The predicted molar refractivity (Wildman–Crippen MR) is 47.4 cm³/mol. The lowest BCUT2D eigenvalue weighted by Crippen LogP contribution is -2.11. The van der Waals surface area contributed by atoms with E-state index in [1.54, 1.807) is 6.07 Å². The fourth-order valence-electron chi connectivity index (χ4n) is 0.785. The van der Waals surface area contributed by atoms with Crippen LogP contribution in [0.3, 0.4) is 0 Å². The molecule has 3 nitrogen and oxygen atoms in total. The van der Waals surface area contributed by atoms with Crippen molar-refractivity contribution in [2.24, 2.45) is 0 Å². The Bertz CT molecular complexity index is 302. The van der Waals surface area contributed by atoms with Crippen molar-refractivity contribution in [3.63, 3.8) is 0 Å². The number of rotatable bonds is 4. The molecular formula is C8H8ClF3N2O. The first-order valence-electron chi connectivity index (χ1n) is 4.10. The average Bonchev–Trinajstić information content (AvgIpc) is 2.14. The van der Waals surface area contributed by atoms with E-state index in [0.29, 0.717) is 5.69 Å². The second-order valence-corrected chi connectivity index (χ2v) is 3.15. The van der Waals surface area contributed by atoms with Gasteiger partial charge in [-0.2, -0.15) is 18.3 Å². The number of hydrogen-bond acceptors (Lipinski definition) is 3. The van der Waals surface area contributed by atoms with Crippen LogP contribution in [0.4, 0.5) is 13.2 Å². The fraction of sp³-hybridized carbons (Fsp3) is 0.500. The minimum atomic E-state index is -4.19. The maximum absolute atomic E-state index is 11.7. The molecule has 1 aromatic rings. The van der Waals surface area contributed by atoms with Gasteiger partial charge >= 0.3 is 6.18 Å². The Kier molecular flexibility index (Phi) is 4.28. The van der Waals surface area contributed by atoms with Crippen LogP contribution in [0.5, 0.6) is 0 Å². The van der Waals surface area contributed by atoms with Gasteiger partial charge in [-0.3, -0.25) is 0 Å². The van der Waals surface area contributed by atoms with Crippen LogP contribution >= 0.6 is 11.6 Å². The number of halogens is 4. The van der Waals surface area contributed by atoms with E-state index >= 15 is 0 Å². The third-order valence-electron chi connectivity index (χ3n) is 1.47. The van der Waals surface area contributed by atoms with E-state index in [9.17, 15) is 13.2 Å². The van der Waals surface area contributed by atoms with Crippen molar-refractivity contribution in [2.75, 3.05) is 6.61 Å². The second kappa shape index (κ2) is 5.27. The highest BCUT2D eigenvalue weighted by atomic mass is 35.5. The van der Waals surface area contributed by atoms with Gasteiger partial charge in [-0.1, -0.05) is 11.6 Å². The van der Waals surface area contributed by atoms with Gasteiger partial charge in [0.2, 0.25) is 0 Å². The quantitative estimate of drug-likeness (QED) is 0.759. The molecule has 0 radical (unpaired) electrons. The lowest BCUT2D eigenvalue weighted by Gasteiger charge is -2.06. The summed E-state index contributed by atoms with van der Waals surface area (Å²) in [5, 5.41) is 7.37. The smallest absolute Gasteiger partial charge is 0.375 e. The van der Waals surface area contributed by atoms with Crippen molar-refractivity contribution in [3.8, 4) is 0 Å². The summed E-state index contributed by atoms with van der Waals surface area (Å²) in [7, 11) is 0. The molecule has 1 rings (SSSR count). The van der Waals surface area contributed by atoms with Gasteiger partial charge in [0.1, 0.15) is 0 Å². The molecule has 1 heterocycles. The van der Waals surface area contributed by atoms with Gasteiger partial charge in [0.05, 0.1) is 25.3 Å². The van der Waals surface area contributed by atoms with E-state index in [2.05, 4.69) is 10.2 Å². The molecule has 0 bridgehead atoms. The molecule has 0 unspecified atom stereocenters. The topological polar surface area (TPSA) is 35.0 Å². The van der Waals surface area contributed by atoms with Crippen molar-refractivity contribution >= 4 is 11.6 Å². The van der Waals surface area contributed by atoms with Crippen LogP contribution in [-0.4, -0.2) is 23.0 Å². The summed E-state index contributed by atoms with van der Waals surface area (Å²) in [5.74, 6) is 0. The first kappa shape index (κ1) is 12.2. The zero-order chi connectivity index (χ0) is 11.3. The molecule has 0 aromatic carbocycles. The standard InChI is InChI=1S/C8H8ClF3N2O/c9-7-2-1-6(13-14-7)5-15-4-3-8(10,11)12/h1-2H,3-5H2. The van der Waals surface area contributed by atoms with E-state index in [0.717, 1.165) is 0 Å². The second-order valence-electron chi connectivity index (χ2n) is 2.77. The molecular weight excluding hydrogens is 233 g/mol. The molecule has 0 aliphatic heterocycles. The van der Waals surface area contributed by atoms with Gasteiger partial charge in [-0.25, -0.2) is 0 Å². The largest absolute Gasteiger partial charge is 0.391 e. The molecule has 0 aliphatic carbocycles. The Morgan fingerprint density at radius 1 is 1.27 bits per heavy atom. The maximum atomic E-state index is 11.7. The summed E-state index contributed by atoms with van der Waals surface area (Å²) in [4.78, 5) is 0. The molecule has 0 N–H and O–H groups in total. The number of nitrogens with zero attached hydrogens (tertiary/aromatic N) is 2. The first-order valence-corrected chi connectivity index (χ1v) is 4.48. The minimum absolute atomic E-state index is 0.000247. The number of alkyl halides is 3.